The highest BCUT2D eigenvalue weighted by molar-refractivity contribution is 9.10. The van der Waals surface area contributed by atoms with Crippen LogP contribution in [0.4, 0.5) is 5.69 Å². The molecule has 1 saturated heterocycles. The molecule has 134 valence electrons. The van der Waals surface area contributed by atoms with Crippen LogP contribution in [0.3, 0.4) is 0 Å². The van der Waals surface area contributed by atoms with Crippen LogP contribution in [0.1, 0.15) is 36.4 Å². The first-order valence-electron chi connectivity index (χ1n) is 9.07. The second-order valence-corrected chi connectivity index (χ2v) is 7.82. The lowest BCUT2D eigenvalue weighted by molar-refractivity contribution is -0.132. The lowest BCUT2D eigenvalue weighted by Gasteiger charge is -2.32. The summed E-state index contributed by atoms with van der Waals surface area (Å²) in [5.74, 6) is 0.0628. The highest BCUT2D eigenvalue weighted by Gasteiger charge is 2.33. The van der Waals surface area contributed by atoms with Crippen molar-refractivity contribution in [2.24, 2.45) is 0 Å². The first kappa shape index (κ1) is 17.3. The van der Waals surface area contributed by atoms with E-state index < -0.39 is 0 Å². The van der Waals surface area contributed by atoms with Crippen molar-refractivity contribution >= 4 is 33.4 Å². The van der Waals surface area contributed by atoms with E-state index in [0.717, 1.165) is 47.1 Å². The summed E-state index contributed by atoms with van der Waals surface area (Å²) >= 11 is 3.52. The molecular weight excluding hydrogens is 392 g/mol. The lowest BCUT2D eigenvalue weighted by Crippen LogP contribution is -2.44. The molecular formula is C21H21BrN2O2. The Bertz CT molecular complexity index is 851. The number of hydrogen-bond acceptors (Lipinski definition) is 2. The number of carbonyl (C=O) groups excluding carboxylic acids is 2. The molecule has 2 aliphatic heterocycles. The number of likely N-dealkylation sites (tertiary alicyclic amines) is 1. The summed E-state index contributed by atoms with van der Waals surface area (Å²) in [5.41, 5.74) is 3.18. The van der Waals surface area contributed by atoms with E-state index in [0.29, 0.717) is 6.42 Å². The highest BCUT2D eigenvalue weighted by Crippen LogP contribution is 2.34. The molecule has 2 aliphatic rings. The number of benzene rings is 2. The van der Waals surface area contributed by atoms with Crippen molar-refractivity contribution in [2.45, 2.75) is 31.7 Å². The summed E-state index contributed by atoms with van der Waals surface area (Å²) in [6.45, 7) is 0.875. The van der Waals surface area contributed by atoms with E-state index in [9.17, 15) is 9.59 Å². The number of nitrogens with zero attached hydrogens (tertiary/aromatic N) is 2. The molecule has 0 saturated carbocycles. The highest BCUT2D eigenvalue weighted by atomic mass is 79.9. The third kappa shape index (κ3) is 3.28. The molecule has 2 amide bonds. The Balaban J connectivity index is 1.55. The minimum Gasteiger partial charge on any atom is -0.334 e. The first-order chi connectivity index (χ1) is 12.6. The molecule has 1 atom stereocenters. The maximum absolute atomic E-state index is 13.1. The van der Waals surface area contributed by atoms with Gasteiger partial charge in [0, 0.05) is 23.1 Å². The Morgan fingerprint density at radius 3 is 2.81 bits per heavy atom. The van der Waals surface area contributed by atoms with Gasteiger partial charge in [0.15, 0.2) is 0 Å². The van der Waals surface area contributed by atoms with Crippen LogP contribution in [-0.2, 0) is 16.0 Å². The fraction of sp³-hybridized carbons (Fsp3) is 0.333. The van der Waals surface area contributed by atoms with Gasteiger partial charge in [0.25, 0.3) is 0 Å². The van der Waals surface area contributed by atoms with E-state index >= 15 is 0 Å². The average molecular weight is 413 g/mol. The third-order valence-corrected chi connectivity index (χ3v) is 5.78. The maximum Gasteiger partial charge on any atom is 0.243 e. The predicted octanol–water partition coefficient (Wildman–Crippen LogP) is 4.09. The zero-order valence-electron chi connectivity index (χ0n) is 14.5. The molecule has 0 bridgehead atoms. The van der Waals surface area contributed by atoms with Crippen LogP contribution in [0.25, 0.3) is 0 Å². The van der Waals surface area contributed by atoms with Crippen molar-refractivity contribution < 1.29 is 9.59 Å². The normalized spacial score (nSPS) is 19.6. The second kappa shape index (κ2) is 7.23. The second-order valence-electron chi connectivity index (χ2n) is 6.91. The number of carbonyl (C=O) groups is 2. The minimum atomic E-state index is 0.0255. The molecule has 1 fully saturated rings. The van der Waals surface area contributed by atoms with Gasteiger partial charge in [0.05, 0.1) is 6.04 Å². The molecule has 0 spiro atoms. The monoisotopic (exact) mass is 412 g/mol. The molecule has 4 rings (SSSR count). The maximum atomic E-state index is 13.1. The van der Waals surface area contributed by atoms with E-state index in [1.807, 2.05) is 41.3 Å². The van der Waals surface area contributed by atoms with Gasteiger partial charge in [-0.2, -0.15) is 0 Å². The van der Waals surface area contributed by atoms with Crippen molar-refractivity contribution in [1.29, 1.82) is 0 Å². The van der Waals surface area contributed by atoms with Gasteiger partial charge < -0.3 is 9.80 Å². The van der Waals surface area contributed by atoms with Gasteiger partial charge in [0.2, 0.25) is 11.8 Å². The Hall–Kier alpha value is -2.14. The quantitative estimate of drug-likeness (QED) is 0.761. The molecule has 0 radical (unpaired) electrons. The van der Waals surface area contributed by atoms with Gasteiger partial charge in [-0.1, -0.05) is 46.3 Å². The summed E-state index contributed by atoms with van der Waals surface area (Å²) < 4.78 is 1.02. The van der Waals surface area contributed by atoms with Crippen molar-refractivity contribution in [3.8, 4) is 0 Å². The first-order valence-corrected chi connectivity index (χ1v) is 9.86. The number of rotatable bonds is 3. The van der Waals surface area contributed by atoms with Gasteiger partial charge in [-0.3, -0.25) is 9.59 Å². The van der Waals surface area contributed by atoms with E-state index in [2.05, 4.69) is 28.1 Å². The molecule has 0 N–H and O–H groups in total. The topological polar surface area (TPSA) is 40.6 Å². The SMILES string of the molecule is O=C1CCc2ccccc2N1CC(=O)N1CCCC1c1cccc(Br)c1. The Kier molecular flexibility index (Phi) is 4.81. The minimum absolute atomic E-state index is 0.0255. The third-order valence-electron chi connectivity index (χ3n) is 5.29. The van der Waals surface area contributed by atoms with Gasteiger partial charge in [0.1, 0.15) is 6.54 Å². The predicted molar refractivity (Wildman–Crippen MR) is 105 cm³/mol. The zero-order valence-corrected chi connectivity index (χ0v) is 16.1. The number of para-hydroxylation sites is 1. The summed E-state index contributed by atoms with van der Waals surface area (Å²) in [5, 5.41) is 0. The number of fused-ring (bicyclic) bond motifs is 1. The van der Waals surface area contributed by atoms with Gasteiger partial charge in [-0.05, 0) is 48.6 Å². The van der Waals surface area contributed by atoms with Crippen molar-refractivity contribution in [3.63, 3.8) is 0 Å². The van der Waals surface area contributed by atoms with E-state index in [1.54, 1.807) is 4.90 Å². The van der Waals surface area contributed by atoms with Crippen LogP contribution in [0.2, 0.25) is 0 Å². The summed E-state index contributed by atoms with van der Waals surface area (Å²) in [7, 11) is 0. The number of anilines is 1. The van der Waals surface area contributed by atoms with Crippen LogP contribution in [0, 0.1) is 0 Å². The van der Waals surface area contributed by atoms with Crippen molar-refractivity contribution in [2.75, 3.05) is 18.0 Å². The number of amides is 2. The smallest absolute Gasteiger partial charge is 0.243 e. The number of halogens is 1. The summed E-state index contributed by atoms with van der Waals surface area (Å²) in [6.07, 6.45) is 3.18. The average Bonchev–Trinajstić information content (AvgIpc) is 3.14. The van der Waals surface area contributed by atoms with Crippen molar-refractivity contribution in [1.82, 2.24) is 4.90 Å². The van der Waals surface area contributed by atoms with E-state index in [-0.39, 0.29) is 24.4 Å². The zero-order chi connectivity index (χ0) is 18.1. The Labute approximate surface area is 161 Å². The van der Waals surface area contributed by atoms with E-state index in [1.165, 1.54) is 0 Å². The van der Waals surface area contributed by atoms with Crippen LogP contribution in [-0.4, -0.2) is 29.8 Å². The van der Waals surface area contributed by atoms with Crippen molar-refractivity contribution in [3.05, 3.63) is 64.1 Å². The van der Waals surface area contributed by atoms with Crippen LogP contribution < -0.4 is 4.90 Å². The van der Waals surface area contributed by atoms with Crippen LogP contribution in [0.15, 0.2) is 53.0 Å². The van der Waals surface area contributed by atoms with Gasteiger partial charge in [-0.15, -0.1) is 0 Å². The van der Waals surface area contributed by atoms with Crippen LogP contribution >= 0.6 is 15.9 Å². The van der Waals surface area contributed by atoms with Gasteiger partial charge >= 0.3 is 0 Å². The molecule has 2 aromatic rings. The largest absolute Gasteiger partial charge is 0.334 e. The molecule has 2 aromatic carbocycles. The number of hydrogen-bond donors (Lipinski definition) is 0. The molecule has 5 heteroatoms. The standard InChI is InChI=1S/C21H21BrN2O2/c22-17-7-3-6-16(13-17)19-9-4-12-23(19)21(26)14-24-18-8-2-1-5-15(18)10-11-20(24)25/h1-3,5-8,13,19H,4,9-12,14H2. The Morgan fingerprint density at radius 2 is 1.96 bits per heavy atom. The molecule has 26 heavy (non-hydrogen) atoms. The van der Waals surface area contributed by atoms with E-state index in [4.69, 9.17) is 0 Å². The Morgan fingerprint density at radius 1 is 1.12 bits per heavy atom. The summed E-state index contributed by atoms with van der Waals surface area (Å²) in [4.78, 5) is 29.1. The lowest BCUT2D eigenvalue weighted by atomic mass is 10.0. The fourth-order valence-corrected chi connectivity index (χ4v) is 4.44. The molecule has 2 heterocycles. The molecule has 0 aliphatic carbocycles. The van der Waals surface area contributed by atoms with Gasteiger partial charge in [-0.25, -0.2) is 0 Å². The van der Waals surface area contributed by atoms with Crippen LogP contribution in [0.5, 0.6) is 0 Å². The molecule has 4 nitrogen and oxygen atoms in total. The fourth-order valence-electron chi connectivity index (χ4n) is 4.02. The molecule has 0 aromatic heterocycles. The summed E-state index contributed by atoms with van der Waals surface area (Å²) in [6, 6.07) is 16.1. The molecule has 1 unspecified atom stereocenters. The number of aryl methyl sites for hydroxylation is 1.